The topological polar surface area (TPSA) is 51.8 Å². The molecular weight excluding hydrogens is 599 g/mol. The molecule has 0 aliphatic carbocycles. The van der Waals surface area contributed by atoms with Crippen LogP contribution in [-0.4, -0.2) is 15.0 Å². The highest BCUT2D eigenvalue weighted by Crippen LogP contribution is 2.39. The van der Waals surface area contributed by atoms with Gasteiger partial charge in [0.1, 0.15) is 11.2 Å². The van der Waals surface area contributed by atoms with E-state index in [0.29, 0.717) is 17.5 Å². The van der Waals surface area contributed by atoms with Crippen LogP contribution in [0.4, 0.5) is 0 Å². The summed E-state index contributed by atoms with van der Waals surface area (Å²) in [6.45, 7) is 0. The molecule has 0 unspecified atom stereocenters. The number of hydrogen-bond donors (Lipinski definition) is 0. The molecule has 0 aliphatic rings. The van der Waals surface area contributed by atoms with Gasteiger partial charge in [0.15, 0.2) is 17.5 Å². The van der Waals surface area contributed by atoms with Gasteiger partial charge in [0.05, 0.1) is 0 Å². The van der Waals surface area contributed by atoms with Crippen molar-refractivity contribution < 1.29 is 4.42 Å². The second-order valence-corrected chi connectivity index (χ2v) is 12.5. The van der Waals surface area contributed by atoms with Crippen LogP contribution in [-0.2, 0) is 0 Å². The molecule has 10 rings (SSSR count). The Labute approximate surface area is 282 Å². The molecule has 0 saturated carbocycles. The van der Waals surface area contributed by atoms with Crippen molar-refractivity contribution in [3.63, 3.8) is 0 Å². The van der Waals surface area contributed by atoms with Gasteiger partial charge in [0.25, 0.3) is 0 Å². The van der Waals surface area contributed by atoms with E-state index in [9.17, 15) is 0 Å². The minimum absolute atomic E-state index is 0.608. The largest absolute Gasteiger partial charge is 0.456 e. The molecular formula is C45H27N3O. The van der Waals surface area contributed by atoms with Crippen molar-refractivity contribution >= 4 is 54.3 Å². The first kappa shape index (κ1) is 27.5. The highest BCUT2D eigenvalue weighted by atomic mass is 16.3. The van der Waals surface area contributed by atoms with Crippen molar-refractivity contribution in [1.29, 1.82) is 0 Å². The maximum atomic E-state index is 6.53. The number of fused-ring (bicyclic) bond motifs is 6. The molecule has 0 N–H and O–H groups in total. The van der Waals surface area contributed by atoms with Gasteiger partial charge in [-0.05, 0) is 79.8 Å². The van der Waals surface area contributed by atoms with Crippen LogP contribution in [0, 0.1) is 0 Å². The Hall–Kier alpha value is -6.65. The van der Waals surface area contributed by atoms with Gasteiger partial charge in [0.2, 0.25) is 0 Å². The van der Waals surface area contributed by atoms with E-state index in [1.54, 1.807) is 0 Å². The molecule has 0 saturated heterocycles. The summed E-state index contributed by atoms with van der Waals surface area (Å²) < 4.78 is 6.53. The van der Waals surface area contributed by atoms with E-state index in [2.05, 4.69) is 121 Å². The second-order valence-electron chi connectivity index (χ2n) is 12.5. The highest BCUT2D eigenvalue weighted by molar-refractivity contribution is 6.15. The molecule has 2 heterocycles. The maximum absolute atomic E-state index is 6.53. The van der Waals surface area contributed by atoms with E-state index in [4.69, 9.17) is 19.4 Å². The van der Waals surface area contributed by atoms with Crippen LogP contribution >= 0.6 is 0 Å². The molecule has 0 atom stereocenters. The van der Waals surface area contributed by atoms with Crippen LogP contribution in [0.25, 0.3) is 99.5 Å². The SMILES string of the molecule is c1ccc(-c2nc(-c3ccc4ccccc4c3)nc(-c3cccc4oc5cc6cc(-c7ccc8ccccc8c7)ccc6cc5c34)n2)cc1. The zero-order valence-corrected chi connectivity index (χ0v) is 26.3. The van der Waals surface area contributed by atoms with E-state index in [1.807, 2.05) is 42.5 Å². The molecule has 0 amide bonds. The van der Waals surface area contributed by atoms with Crippen molar-refractivity contribution in [3.05, 3.63) is 164 Å². The molecule has 4 nitrogen and oxygen atoms in total. The number of benzene rings is 8. The quantitative estimate of drug-likeness (QED) is 0.195. The molecule has 0 fully saturated rings. The molecule has 0 radical (unpaired) electrons. The van der Waals surface area contributed by atoms with Crippen molar-refractivity contribution in [1.82, 2.24) is 15.0 Å². The highest BCUT2D eigenvalue weighted by Gasteiger charge is 2.18. The summed E-state index contributed by atoms with van der Waals surface area (Å²) >= 11 is 0. The first-order chi connectivity index (χ1) is 24.2. The lowest BCUT2D eigenvalue weighted by atomic mass is 9.97. The minimum atomic E-state index is 0.608. The Balaban J connectivity index is 1.15. The average molecular weight is 626 g/mol. The lowest BCUT2D eigenvalue weighted by Crippen LogP contribution is -2.00. The van der Waals surface area contributed by atoms with E-state index in [-0.39, 0.29) is 0 Å². The number of rotatable bonds is 4. The van der Waals surface area contributed by atoms with Crippen molar-refractivity contribution in [2.75, 3.05) is 0 Å². The standard InChI is InChI=1S/C45H27N3O/c1-2-11-30(12-3-1)43-46-44(36-22-18-29-10-5-7-14-32(29)24-36)48-45(47-43)38-15-8-16-40-42(38)39-26-35-21-20-34(25-37(35)27-41(39)49-40)33-19-17-28-9-4-6-13-31(28)23-33/h1-27H. The molecule has 0 spiro atoms. The predicted molar refractivity (Wildman–Crippen MR) is 201 cm³/mol. The van der Waals surface area contributed by atoms with Crippen molar-refractivity contribution in [2.24, 2.45) is 0 Å². The van der Waals surface area contributed by atoms with Gasteiger partial charge < -0.3 is 4.42 Å². The summed E-state index contributed by atoms with van der Waals surface area (Å²) in [4.78, 5) is 15.2. The van der Waals surface area contributed by atoms with E-state index < -0.39 is 0 Å². The van der Waals surface area contributed by atoms with Crippen LogP contribution in [0.1, 0.15) is 0 Å². The average Bonchev–Trinajstić information content (AvgIpc) is 3.54. The van der Waals surface area contributed by atoms with Crippen molar-refractivity contribution in [2.45, 2.75) is 0 Å². The smallest absolute Gasteiger partial charge is 0.164 e. The second kappa shape index (κ2) is 11.0. The van der Waals surface area contributed by atoms with Gasteiger partial charge in [-0.25, -0.2) is 15.0 Å². The third kappa shape index (κ3) is 4.73. The van der Waals surface area contributed by atoms with Gasteiger partial charge in [-0.15, -0.1) is 0 Å². The summed E-state index contributed by atoms with van der Waals surface area (Å²) in [6.07, 6.45) is 0. The van der Waals surface area contributed by atoms with Gasteiger partial charge in [-0.2, -0.15) is 0 Å². The van der Waals surface area contributed by atoms with Crippen LogP contribution in [0.15, 0.2) is 168 Å². The van der Waals surface area contributed by atoms with Gasteiger partial charge in [-0.3, -0.25) is 0 Å². The summed E-state index contributed by atoms with van der Waals surface area (Å²) in [5.74, 6) is 1.87. The molecule has 0 aliphatic heterocycles. The molecule has 8 aromatic carbocycles. The van der Waals surface area contributed by atoms with Gasteiger partial charge >= 0.3 is 0 Å². The molecule has 228 valence electrons. The Bertz CT molecular complexity index is 2890. The molecule has 0 bridgehead atoms. The van der Waals surface area contributed by atoms with E-state index >= 15 is 0 Å². The van der Waals surface area contributed by atoms with E-state index in [0.717, 1.165) is 54.8 Å². The zero-order chi connectivity index (χ0) is 32.3. The molecule has 4 heteroatoms. The predicted octanol–water partition coefficient (Wildman–Crippen LogP) is 11.9. The van der Waals surface area contributed by atoms with Crippen LogP contribution in [0.5, 0.6) is 0 Å². The first-order valence-electron chi connectivity index (χ1n) is 16.4. The van der Waals surface area contributed by atoms with Crippen LogP contribution in [0.2, 0.25) is 0 Å². The Morgan fingerprint density at radius 3 is 1.61 bits per heavy atom. The van der Waals surface area contributed by atoms with Crippen LogP contribution in [0.3, 0.4) is 0 Å². The number of nitrogens with zero attached hydrogens (tertiary/aromatic N) is 3. The third-order valence-corrected chi connectivity index (χ3v) is 9.45. The molecule has 49 heavy (non-hydrogen) atoms. The van der Waals surface area contributed by atoms with Crippen LogP contribution < -0.4 is 0 Å². The number of aromatic nitrogens is 3. The maximum Gasteiger partial charge on any atom is 0.164 e. The van der Waals surface area contributed by atoms with Gasteiger partial charge in [0, 0.05) is 27.5 Å². The Kier molecular flexibility index (Phi) is 6.15. The fourth-order valence-electron chi connectivity index (χ4n) is 6.97. The monoisotopic (exact) mass is 625 g/mol. The lowest BCUT2D eigenvalue weighted by molar-refractivity contribution is 0.669. The Morgan fingerprint density at radius 2 is 0.878 bits per heavy atom. The summed E-state index contributed by atoms with van der Waals surface area (Å²) in [7, 11) is 0. The van der Waals surface area contributed by atoms with E-state index in [1.165, 1.54) is 27.3 Å². The molecule has 10 aromatic rings. The minimum Gasteiger partial charge on any atom is -0.456 e. The normalized spacial score (nSPS) is 11.7. The number of furan rings is 1. The van der Waals surface area contributed by atoms with Gasteiger partial charge in [-0.1, -0.05) is 127 Å². The summed E-state index contributed by atoms with van der Waals surface area (Å²) in [6, 6.07) is 57.1. The Morgan fingerprint density at radius 1 is 0.327 bits per heavy atom. The third-order valence-electron chi connectivity index (χ3n) is 9.45. The summed E-state index contributed by atoms with van der Waals surface area (Å²) in [5, 5.41) is 9.09. The number of hydrogen-bond acceptors (Lipinski definition) is 4. The summed E-state index contributed by atoms with van der Waals surface area (Å²) in [5.41, 5.74) is 6.78. The van der Waals surface area contributed by atoms with Crippen molar-refractivity contribution in [3.8, 4) is 45.3 Å². The first-order valence-corrected chi connectivity index (χ1v) is 16.4. The lowest BCUT2D eigenvalue weighted by Gasteiger charge is -2.10. The fourth-order valence-corrected chi connectivity index (χ4v) is 6.97. The zero-order valence-electron chi connectivity index (χ0n) is 26.3. The fraction of sp³-hybridized carbons (Fsp3) is 0. The molecule has 2 aromatic heterocycles.